The molecular weight excluding hydrogens is 324 g/mol. The minimum absolute atomic E-state index is 0.0274. The highest BCUT2D eigenvalue weighted by atomic mass is 16.5. The van der Waals surface area contributed by atoms with Crippen molar-refractivity contribution in [2.45, 2.75) is 34.2 Å². The lowest BCUT2D eigenvalue weighted by Gasteiger charge is -2.26. The molecule has 0 bridgehead atoms. The van der Waals surface area contributed by atoms with Gasteiger partial charge in [-0.1, -0.05) is 44.2 Å². The number of nitrogens with zero attached hydrogens (tertiary/aromatic N) is 1. The Morgan fingerprint density at radius 3 is 2.50 bits per heavy atom. The number of hydrogen-bond acceptors (Lipinski definition) is 3. The van der Waals surface area contributed by atoms with Crippen LogP contribution in [0.25, 0.3) is 0 Å². The first-order valence-corrected chi connectivity index (χ1v) is 9.19. The van der Waals surface area contributed by atoms with E-state index in [2.05, 4.69) is 32.9 Å². The van der Waals surface area contributed by atoms with E-state index in [0.717, 1.165) is 11.3 Å². The molecule has 2 rings (SSSR count). The van der Waals surface area contributed by atoms with E-state index >= 15 is 0 Å². The molecule has 0 saturated heterocycles. The lowest BCUT2D eigenvalue weighted by molar-refractivity contribution is 0.0722. The number of aryl methyl sites for hydroxylation is 2. The lowest BCUT2D eigenvalue weighted by Crippen LogP contribution is -2.34. The SMILES string of the molecule is Cc1ccccc1CN(CC(C)C)C(=O)c1ccc(C)c(OCCN)c1. The highest BCUT2D eigenvalue weighted by molar-refractivity contribution is 5.94. The number of hydrogen-bond donors (Lipinski definition) is 1. The van der Waals surface area contributed by atoms with Crippen LogP contribution in [-0.2, 0) is 6.54 Å². The van der Waals surface area contributed by atoms with Gasteiger partial charge in [-0.05, 0) is 48.6 Å². The Morgan fingerprint density at radius 2 is 1.85 bits per heavy atom. The van der Waals surface area contributed by atoms with E-state index in [1.165, 1.54) is 11.1 Å². The van der Waals surface area contributed by atoms with Gasteiger partial charge in [0.15, 0.2) is 0 Å². The van der Waals surface area contributed by atoms with Crippen molar-refractivity contribution in [2.75, 3.05) is 19.7 Å². The molecule has 0 aliphatic carbocycles. The summed E-state index contributed by atoms with van der Waals surface area (Å²) in [6.07, 6.45) is 0. The highest BCUT2D eigenvalue weighted by Crippen LogP contribution is 2.22. The molecule has 2 aromatic carbocycles. The van der Waals surface area contributed by atoms with Crippen LogP contribution in [0.3, 0.4) is 0 Å². The quantitative estimate of drug-likeness (QED) is 0.781. The van der Waals surface area contributed by atoms with Crippen LogP contribution < -0.4 is 10.5 Å². The number of rotatable bonds is 8. The summed E-state index contributed by atoms with van der Waals surface area (Å²) in [6.45, 7) is 10.5. The fourth-order valence-electron chi connectivity index (χ4n) is 2.89. The first-order chi connectivity index (χ1) is 12.4. The summed E-state index contributed by atoms with van der Waals surface area (Å²) in [5.41, 5.74) is 9.55. The Hall–Kier alpha value is -2.33. The van der Waals surface area contributed by atoms with Crippen molar-refractivity contribution in [3.63, 3.8) is 0 Å². The average molecular weight is 354 g/mol. The van der Waals surface area contributed by atoms with E-state index in [-0.39, 0.29) is 5.91 Å². The number of nitrogens with two attached hydrogens (primary N) is 1. The molecule has 0 unspecified atom stereocenters. The molecule has 0 heterocycles. The Balaban J connectivity index is 2.27. The maximum atomic E-state index is 13.2. The van der Waals surface area contributed by atoms with Crippen LogP contribution >= 0.6 is 0 Å². The standard InChI is InChI=1S/C22H30N2O2/c1-16(2)14-24(15-20-8-6-5-7-17(20)3)22(25)19-10-9-18(4)21(13-19)26-12-11-23/h5-10,13,16H,11-12,14-15,23H2,1-4H3. The van der Waals surface area contributed by atoms with Gasteiger partial charge in [-0.2, -0.15) is 0 Å². The van der Waals surface area contributed by atoms with Gasteiger partial charge in [0.25, 0.3) is 5.91 Å². The molecule has 0 atom stereocenters. The summed E-state index contributed by atoms with van der Waals surface area (Å²) in [7, 11) is 0. The van der Waals surface area contributed by atoms with Gasteiger partial charge in [0.1, 0.15) is 12.4 Å². The average Bonchev–Trinajstić information content (AvgIpc) is 2.61. The molecular formula is C22H30N2O2. The maximum Gasteiger partial charge on any atom is 0.254 e. The van der Waals surface area contributed by atoms with Gasteiger partial charge >= 0.3 is 0 Å². The van der Waals surface area contributed by atoms with Gasteiger partial charge < -0.3 is 15.4 Å². The summed E-state index contributed by atoms with van der Waals surface area (Å²) in [5, 5.41) is 0. The molecule has 4 heteroatoms. The lowest BCUT2D eigenvalue weighted by atomic mass is 10.1. The van der Waals surface area contributed by atoms with Crippen LogP contribution in [0.4, 0.5) is 0 Å². The third-order valence-electron chi connectivity index (χ3n) is 4.31. The van der Waals surface area contributed by atoms with Gasteiger partial charge in [-0.25, -0.2) is 0 Å². The molecule has 4 nitrogen and oxygen atoms in total. The molecule has 0 fully saturated rings. The van der Waals surface area contributed by atoms with E-state index in [1.54, 1.807) is 0 Å². The van der Waals surface area contributed by atoms with Crippen molar-refractivity contribution in [1.82, 2.24) is 4.90 Å². The van der Waals surface area contributed by atoms with Crippen LogP contribution in [0.2, 0.25) is 0 Å². The maximum absolute atomic E-state index is 13.2. The molecule has 0 aliphatic rings. The molecule has 0 aliphatic heterocycles. The first-order valence-electron chi connectivity index (χ1n) is 9.19. The molecule has 2 N–H and O–H groups in total. The van der Waals surface area contributed by atoms with Gasteiger partial charge in [-0.15, -0.1) is 0 Å². The van der Waals surface area contributed by atoms with Gasteiger partial charge in [0.05, 0.1) is 0 Å². The third kappa shape index (κ3) is 5.33. The first kappa shape index (κ1) is 20.0. The third-order valence-corrected chi connectivity index (χ3v) is 4.31. The highest BCUT2D eigenvalue weighted by Gasteiger charge is 2.19. The van der Waals surface area contributed by atoms with Crippen molar-refractivity contribution in [2.24, 2.45) is 11.7 Å². The number of amides is 1. The second kappa shape index (κ2) is 9.39. The van der Waals surface area contributed by atoms with Crippen LogP contribution in [-0.4, -0.2) is 30.5 Å². The Labute approximate surface area is 157 Å². The van der Waals surface area contributed by atoms with Crippen molar-refractivity contribution in [1.29, 1.82) is 0 Å². The second-order valence-corrected chi connectivity index (χ2v) is 7.12. The van der Waals surface area contributed by atoms with Gasteiger partial charge in [0.2, 0.25) is 0 Å². The number of ether oxygens (including phenoxy) is 1. The fourth-order valence-corrected chi connectivity index (χ4v) is 2.89. The molecule has 140 valence electrons. The molecule has 1 amide bonds. The van der Waals surface area contributed by atoms with E-state index in [1.807, 2.05) is 42.2 Å². The molecule has 26 heavy (non-hydrogen) atoms. The van der Waals surface area contributed by atoms with Crippen molar-refractivity contribution < 1.29 is 9.53 Å². The summed E-state index contributed by atoms with van der Waals surface area (Å²) >= 11 is 0. The second-order valence-electron chi connectivity index (χ2n) is 7.12. The summed E-state index contributed by atoms with van der Waals surface area (Å²) in [6, 6.07) is 13.8. The fraction of sp³-hybridized carbons (Fsp3) is 0.409. The van der Waals surface area contributed by atoms with E-state index < -0.39 is 0 Å². The van der Waals surface area contributed by atoms with E-state index in [9.17, 15) is 4.79 Å². The van der Waals surface area contributed by atoms with Crippen molar-refractivity contribution >= 4 is 5.91 Å². The van der Waals surface area contributed by atoms with E-state index in [0.29, 0.717) is 37.7 Å². The predicted molar refractivity (Wildman–Crippen MR) is 106 cm³/mol. The van der Waals surface area contributed by atoms with Crippen LogP contribution in [0.15, 0.2) is 42.5 Å². The van der Waals surface area contributed by atoms with Crippen LogP contribution in [0.5, 0.6) is 5.75 Å². The summed E-state index contributed by atoms with van der Waals surface area (Å²) < 4.78 is 5.68. The van der Waals surface area contributed by atoms with Crippen LogP contribution in [0.1, 0.15) is 40.9 Å². The minimum atomic E-state index is 0.0274. The smallest absolute Gasteiger partial charge is 0.254 e. The Bertz CT molecular complexity index is 741. The van der Waals surface area contributed by atoms with E-state index in [4.69, 9.17) is 10.5 Å². The van der Waals surface area contributed by atoms with Crippen LogP contribution in [0, 0.1) is 19.8 Å². The number of carbonyl (C=O) groups excluding carboxylic acids is 1. The molecule has 2 aromatic rings. The molecule has 0 saturated carbocycles. The predicted octanol–water partition coefficient (Wildman–Crippen LogP) is 3.94. The molecule has 0 radical (unpaired) electrons. The summed E-state index contributed by atoms with van der Waals surface area (Å²) in [5.74, 6) is 1.14. The molecule has 0 aromatic heterocycles. The normalized spacial score (nSPS) is 10.8. The zero-order valence-corrected chi connectivity index (χ0v) is 16.3. The van der Waals surface area contributed by atoms with Gasteiger partial charge in [0, 0.05) is 25.2 Å². The van der Waals surface area contributed by atoms with Crippen molar-refractivity contribution in [3.8, 4) is 5.75 Å². The van der Waals surface area contributed by atoms with Gasteiger partial charge in [-0.3, -0.25) is 4.79 Å². The topological polar surface area (TPSA) is 55.6 Å². The minimum Gasteiger partial charge on any atom is -0.492 e. The monoisotopic (exact) mass is 354 g/mol. The summed E-state index contributed by atoms with van der Waals surface area (Å²) in [4.78, 5) is 15.1. The number of carbonyl (C=O) groups is 1. The zero-order valence-electron chi connectivity index (χ0n) is 16.3. The largest absolute Gasteiger partial charge is 0.492 e. The number of benzene rings is 2. The Morgan fingerprint density at radius 1 is 1.12 bits per heavy atom. The zero-order chi connectivity index (χ0) is 19.1. The molecule has 0 spiro atoms. The van der Waals surface area contributed by atoms with Crippen molar-refractivity contribution in [3.05, 3.63) is 64.7 Å². The Kier molecular flexibility index (Phi) is 7.22.